The van der Waals surface area contributed by atoms with Crippen molar-refractivity contribution in [2.75, 3.05) is 24.1 Å². The van der Waals surface area contributed by atoms with E-state index in [4.69, 9.17) is 10.5 Å². The van der Waals surface area contributed by atoms with E-state index in [2.05, 4.69) is 20.6 Å². The summed E-state index contributed by atoms with van der Waals surface area (Å²) >= 11 is 0. The Kier molecular flexibility index (Phi) is 5.54. The number of hydrogen-bond donors (Lipinski definition) is 3. The Bertz CT molecular complexity index is 934. The van der Waals surface area contributed by atoms with Crippen LogP contribution in [0.3, 0.4) is 0 Å². The SMILES string of the molecule is C[C@@H]1CN(C(=O)c2cc(N)nc(-c3ccc(NC(=O)NC4CC4)cc3)n2)C[C@H](C)O1. The number of morpholine rings is 1. The quantitative estimate of drug-likeness (QED) is 0.711. The molecule has 158 valence electrons. The number of hydrogen-bond acceptors (Lipinski definition) is 6. The first kappa shape index (κ1) is 20.1. The van der Waals surface area contributed by atoms with Gasteiger partial charge in [-0.2, -0.15) is 0 Å². The lowest BCUT2D eigenvalue weighted by molar-refractivity contribution is -0.0587. The number of anilines is 2. The van der Waals surface area contributed by atoms with E-state index in [1.54, 1.807) is 29.2 Å². The third-order valence-corrected chi connectivity index (χ3v) is 4.99. The zero-order valence-electron chi connectivity index (χ0n) is 17.1. The van der Waals surface area contributed by atoms with Gasteiger partial charge in [0.2, 0.25) is 0 Å². The average molecular weight is 410 g/mol. The van der Waals surface area contributed by atoms with E-state index in [0.717, 1.165) is 12.8 Å². The topological polar surface area (TPSA) is 122 Å². The van der Waals surface area contributed by atoms with Gasteiger partial charge in [0.15, 0.2) is 5.82 Å². The van der Waals surface area contributed by atoms with E-state index in [-0.39, 0.29) is 35.7 Å². The normalized spacial score (nSPS) is 21.2. The molecule has 1 aromatic carbocycles. The lowest BCUT2D eigenvalue weighted by Crippen LogP contribution is -2.48. The lowest BCUT2D eigenvalue weighted by atomic mass is 10.1. The van der Waals surface area contributed by atoms with E-state index in [1.165, 1.54) is 6.07 Å². The predicted octanol–water partition coefficient (Wildman–Crippen LogP) is 2.26. The third-order valence-electron chi connectivity index (χ3n) is 4.99. The molecule has 2 heterocycles. The fraction of sp³-hybridized carbons (Fsp3) is 0.429. The summed E-state index contributed by atoms with van der Waals surface area (Å²) < 4.78 is 5.70. The standard InChI is InChI=1S/C21H26N6O3/c1-12-10-27(11-13(2)30-12)20(28)17-9-18(22)26-19(25-17)14-3-5-15(6-4-14)23-21(29)24-16-7-8-16/h3-6,9,12-13,16H,7-8,10-11H2,1-2H3,(H2,22,25,26)(H2,23,24,29)/t12-,13+. The summed E-state index contributed by atoms with van der Waals surface area (Å²) in [7, 11) is 0. The highest BCUT2D eigenvalue weighted by Crippen LogP contribution is 2.22. The molecule has 1 aliphatic carbocycles. The van der Waals surface area contributed by atoms with Gasteiger partial charge in [-0.1, -0.05) is 0 Å². The number of nitrogens with zero attached hydrogens (tertiary/aromatic N) is 3. The van der Waals surface area contributed by atoms with Gasteiger partial charge in [-0.05, 0) is 51.0 Å². The van der Waals surface area contributed by atoms with Gasteiger partial charge in [-0.3, -0.25) is 4.79 Å². The molecule has 1 aliphatic heterocycles. The van der Waals surface area contributed by atoms with Gasteiger partial charge < -0.3 is 26.0 Å². The first-order valence-electron chi connectivity index (χ1n) is 10.1. The highest BCUT2D eigenvalue weighted by Gasteiger charge is 2.28. The Morgan fingerprint density at radius 2 is 1.77 bits per heavy atom. The number of benzene rings is 1. The molecule has 0 bridgehead atoms. The zero-order chi connectivity index (χ0) is 21.3. The highest BCUT2D eigenvalue weighted by molar-refractivity contribution is 5.93. The third kappa shape index (κ3) is 4.85. The number of carbonyl (C=O) groups is 2. The van der Waals surface area contributed by atoms with Crippen molar-refractivity contribution >= 4 is 23.4 Å². The van der Waals surface area contributed by atoms with Crippen molar-refractivity contribution in [1.82, 2.24) is 20.2 Å². The van der Waals surface area contributed by atoms with Crippen LogP contribution in [0.4, 0.5) is 16.3 Å². The van der Waals surface area contributed by atoms with Crippen LogP contribution in [0.5, 0.6) is 0 Å². The van der Waals surface area contributed by atoms with Crippen LogP contribution in [0.2, 0.25) is 0 Å². The minimum Gasteiger partial charge on any atom is -0.384 e. The van der Waals surface area contributed by atoms with Crippen molar-refractivity contribution in [1.29, 1.82) is 0 Å². The molecule has 2 aromatic rings. The molecular weight excluding hydrogens is 384 g/mol. The maximum atomic E-state index is 13.0. The molecule has 9 nitrogen and oxygen atoms in total. The van der Waals surface area contributed by atoms with Crippen molar-refractivity contribution in [3.8, 4) is 11.4 Å². The predicted molar refractivity (Wildman–Crippen MR) is 113 cm³/mol. The second kappa shape index (κ2) is 8.27. The molecular formula is C21H26N6O3. The van der Waals surface area contributed by atoms with Crippen molar-refractivity contribution in [2.45, 2.75) is 44.9 Å². The molecule has 2 fully saturated rings. The summed E-state index contributed by atoms with van der Waals surface area (Å²) in [6, 6.07) is 8.67. The van der Waals surface area contributed by atoms with E-state index in [1.807, 2.05) is 13.8 Å². The van der Waals surface area contributed by atoms with Gasteiger partial charge in [-0.25, -0.2) is 14.8 Å². The van der Waals surface area contributed by atoms with Crippen molar-refractivity contribution in [3.63, 3.8) is 0 Å². The van der Waals surface area contributed by atoms with Gasteiger partial charge in [0.05, 0.1) is 12.2 Å². The van der Waals surface area contributed by atoms with E-state index in [9.17, 15) is 9.59 Å². The van der Waals surface area contributed by atoms with Crippen LogP contribution in [0, 0.1) is 0 Å². The Morgan fingerprint density at radius 1 is 1.10 bits per heavy atom. The maximum absolute atomic E-state index is 13.0. The number of nitrogen functional groups attached to an aromatic ring is 1. The molecule has 4 rings (SSSR count). The Balaban J connectivity index is 1.49. The molecule has 30 heavy (non-hydrogen) atoms. The average Bonchev–Trinajstić information content (AvgIpc) is 3.50. The number of carbonyl (C=O) groups excluding carboxylic acids is 2. The maximum Gasteiger partial charge on any atom is 0.319 e. The van der Waals surface area contributed by atoms with Gasteiger partial charge in [-0.15, -0.1) is 0 Å². The van der Waals surface area contributed by atoms with E-state index < -0.39 is 0 Å². The summed E-state index contributed by atoms with van der Waals surface area (Å²) in [6.45, 7) is 4.89. The van der Waals surface area contributed by atoms with Crippen molar-refractivity contribution in [2.24, 2.45) is 0 Å². The molecule has 9 heteroatoms. The molecule has 2 atom stereocenters. The number of rotatable bonds is 4. The Hall–Kier alpha value is -3.20. The highest BCUT2D eigenvalue weighted by atomic mass is 16.5. The van der Waals surface area contributed by atoms with Gasteiger partial charge in [0.25, 0.3) is 5.91 Å². The van der Waals surface area contributed by atoms with Crippen LogP contribution in [0.25, 0.3) is 11.4 Å². The van der Waals surface area contributed by atoms with Gasteiger partial charge >= 0.3 is 6.03 Å². The first-order valence-corrected chi connectivity index (χ1v) is 10.1. The first-order chi connectivity index (χ1) is 14.4. The molecule has 1 aromatic heterocycles. The molecule has 0 unspecified atom stereocenters. The second-order valence-electron chi connectivity index (χ2n) is 7.92. The van der Waals surface area contributed by atoms with Crippen LogP contribution in [0.1, 0.15) is 37.2 Å². The number of ether oxygens (including phenoxy) is 1. The largest absolute Gasteiger partial charge is 0.384 e. The van der Waals surface area contributed by atoms with E-state index >= 15 is 0 Å². The Labute approximate surface area is 175 Å². The smallest absolute Gasteiger partial charge is 0.319 e. The van der Waals surface area contributed by atoms with Crippen LogP contribution >= 0.6 is 0 Å². The second-order valence-corrected chi connectivity index (χ2v) is 7.92. The fourth-order valence-electron chi connectivity index (χ4n) is 3.49. The number of nitrogens with two attached hydrogens (primary N) is 1. The number of amides is 3. The minimum atomic E-state index is -0.215. The molecule has 1 saturated carbocycles. The molecule has 1 saturated heterocycles. The fourth-order valence-corrected chi connectivity index (χ4v) is 3.49. The van der Waals surface area contributed by atoms with Crippen molar-refractivity contribution in [3.05, 3.63) is 36.0 Å². The summed E-state index contributed by atoms with van der Waals surface area (Å²) in [5.41, 5.74) is 7.57. The van der Waals surface area contributed by atoms with Crippen molar-refractivity contribution < 1.29 is 14.3 Å². The van der Waals surface area contributed by atoms with Gasteiger partial charge in [0, 0.05) is 36.4 Å². The van der Waals surface area contributed by atoms with Crippen LogP contribution in [-0.4, -0.2) is 58.1 Å². The minimum absolute atomic E-state index is 0.0338. The summed E-state index contributed by atoms with van der Waals surface area (Å²) in [4.78, 5) is 35.3. The lowest BCUT2D eigenvalue weighted by Gasteiger charge is -2.35. The molecule has 3 amide bonds. The van der Waals surface area contributed by atoms with Crippen LogP contribution in [-0.2, 0) is 4.74 Å². The van der Waals surface area contributed by atoms with E-state index in [0.29, 0.717) is 36.2 Å². The molecule has 0 spiro atoms. The molecule has 2 aliphatic rings. The zero-order valence-corrected chi connectivity index (χ0v) is 17.1. The molecule has 4 N–H and O–H groups in total. The van der Waals surface area contributed by atoms with Gasteiger partial charge in [0.1, 0.15) is 11.5 Å². The molecule has 0 radical (unpaired) electrons. The van der Waals surface area contributed by atoms with Crippen LogP contribution < -0.4 is 16.4 Å². The number of aromatic nitrogens is 2. The Morgan fingerprint density at radius 3 is 2.40 bits per heavy atom. The number of nitrogens with one attached hydrogen (secondary N) is 2. The summed E-state index contributed by atoms with van der Waals surface area (Å²) in [6.07, 6.45) is 1.99. The summed E-state index contributed by atoms with van der Waals surface area (Å²) in [5.74, 6) is 0.396. The van der Waals surface area contributed by atoms with Crippen LogP contribution in [0.15, 0.2) is 30.3 Å². The monoisotopic (exact) mass is 410 g/mol. The summed E-state index contributed by atoms with van der Waals surface area (Å²) in [5, 5.41) is 5.67. The number of urea groups is 1.